The van der Waals surface area contributed by atoms with Gasteiger partial charge >= 0.3 is 0 Å². The van der Waals surface area contributed by atoms with Crippen LogP contribution < -0.4 is 19.6 Å². The van der Waals surface area contributed by atoms with Gasteiger partial charge in [-0.3, -0.25) is 14.9 Å². The molecule has 1 N–H and O–H groups in total. The highest BCUT2D eigenvalue weighted by atomic mass is 32.1. The van der Waals surface area contributed by atoms with Gasteiger partial charge in [-0.1, -0.05) is 0 Å². The standard InChI is InChI=1S/C19H15N3O6S/c1-2-26-14-8-16-15(27-10-28-16)6-12(14)9-20-21-19(23)18-7-11-5-13(22(24)25)3-4-17(11)29-18/h3-9H,2,10H2,1H3,(H,21,23). The molecule has 1 aliphatic heterocycles. The van der Waals surface area contributed by atoms with Gasteiger partial charge in [-0.25, -0.2) is 5.43 Å². The Labute approximate surface area is 168 Å². The zero-order valence-corrected chi connectivity index (χ0v) is 16.0. The number of carbonyl (C=O) groups is 1. The normalized spacial score (nSPS) is 12.4. The molecule has 29 heavy (non-hydrogen) atoms. The lowest BCUT2D eigenvalue weighted by atomic mass is 10.2. The summed E-state index contributed by atoms with van der Waals surface area (Å²) >= 11 is 1.23. The van der Waals surface area contributed by atoms with Crippen molar-refractivity contribution >= 4 is 39.2 Å². The highest BCUT2D eigenvalue weighted by Crippen LogP contribution is 2.37. The van der Waals surface area contributed by atoms with Gasteiger partial charge in [0.25, 0.3) is 11.6 Å². The summed E-state index contributed by atoms with van der Waals surface area (Å²) in [5.74, 6) is 1.31. The van der Waals surface area contributed by atoms with Gasteiger partial charge in [0, 0.05) is 33.8 Å². The van der Waals surface area contributed by atoms with E-state index in [1.54, 1.807) is 24.3 Å². The van der Waals surface area contributed by atoms with Crippen LogP contribution in [0.5, 0.6) is 17.2 Å². The van der Waals surface area contributed by atoms with Gasteiger partial charge in [0.1, 0.15) is 5.75 Å². The molecule has 2 heterocycles. The topological polar surface area (TPSA) is 112 Å². The number of thiophene rings is 1. The van der Waals surface area contributed by atoms with Crippen molar-refractivity contribution < 1.29 is 23.9 Å². The van der Waals surface area contributed by atoms with Crippen molar-refractivity contribution in [1.82, 2.24) is 5.43 Å². The molecule has 0 bridgehead atoms. The van der Waals surface area contributed by atoms with Crippen LogP contribution in [-0.4, -0.2) is 30.4 Å². The number of amides is 1. The predicted molar refractivity (Wildman–Crippen MR) is 107 cm³/mol. The third kappa shape index (κ3) is 3.83. The molecule has 0 atom stereocenters. The molecule has 9 nitrogen and oxygen atoms in total. The molecule has 148 valence electrons. The Morgan fingerprint density at radius 2 is 2.10 bits per heavy atom. The molecule has 1 aromatic heterocycles. The molecule has 1 amide bonds. The van der Waals surface area contributed by atoms with E-state index >= 15 is 0 Å². The third-order valence-corrected chi connectivity index (χ3v) is 5.22. The Hall–Kier alpha value is -3.66. The maximum absolute atomic E-state index is 12.4. The first-order chi connectivity index (χ1) is 14.0. The second kappa shape index (κ2) is 7.76. The zero-order chi connectivity index (χ0) is 20.4. The van der Waals surface area contributed by atoms with E-state index in [9.17, 15) is 14.9 Å². The van der Waals surface area contributed by atoms with Crippen LogP contribution in [0.25, 0.3) is 10.1 Å². The monoisotopic (exact) mass is 413 g/mol. The summed E-state index contributed by atoms with van der Waals surface area (Å²) in [6.07, 6.45) is 1.46. The Balaban J connectivity index is 1.51. The van der Waals surface area contributed by atoms with Crippen LogP contribution in [0.1, 0.15) is 22.2 Å². The van der Waals surface area contributed by atoms with Crippen molar-refractivity contribution in [2.24, 2.45) is 5.10 Å². The Morgan fingerprint density at radius 3 is 2.86 bits per heavy atom. The van der Waals surface area contributed by atoms with Crippen molar-refractivity contribution in [1.29, 1.82) is 0 Å². The number of non-ortho nitro benzene ring substituents is 1. The summed E-state index contributed by atoms with van der Waals surface area (Å²) < 4.78 is 17.1. The molecule has 0 saturated heterocycles. The van der Waals surface area contributed by atoms with E-state index in [2.05, 4.69) is 10.5 Å². The fraction of sp³-hybridized carbons (Fsp3) is 0.158. The number of hydrazone groups is 1. The van der Waals surface area contributed by atoms with Gasteiger partial charge in [-0.15, -0.1) is 11.3 Å². The summed E-state index contributed by atoms with van der Waals surface area (Å²) in [7, 11) is 0. The lowest BCUT2D eigenvalue weighted by molar-refractivity contribution is -0.384. The largest absolute Gasteiger partial charge is 0.493 e. The first-order valence-electron chi connectivity index (χ1n) is 8.63. The molecule has 0 unspecified atom stereocenters. The zero-order valence-electron chi connectivity index (χ0n) is 15.2. The molecule has 0 aliphatic carbocycles. The van der Waals surface area contributed by atoms with Crippen molar-refractivity contribution in [2.45, 2.75) is 6.92 Å². The minimum absolute atomic E-state index is 0.0217. The molecule has 0 spiro atoms. The summed E-state index contributed by atoms with van der Waals surface area (Å²) in [4.78, 5) is 23.2. The third-order valence-electron chi connectivity index (χ3n) is 4.11. The summed E-state index contributed by atoms with van der Waals surface area (Å²) in [6, 6.07) is 9.51. The first kappa shape index (κ1) is 18.7. The van der Waals surface area contributed by atoms with Crippen molar-refractivity contribution in [3.63, 3.8) is 0 Å². The van der Waals surface area contributed by atoms with Crippen LogP contribution in [-0.2, 0) is 0 Å². The number of hydrogen-bond acceptors (Lipinski definition) is 8. The molecule has 0 saturated carbocycles. The molecule has 4 rings (SSSR count). The van der Waals surface area contributed by atoms with Gasteiger partial charge < -0.3 is 14.2 Å². The molecule has 2 aromatic carbocycles. The Bertz CT molecular complexity index is 1140. The number of nitrogens with one attached hydrogen (secondary N) is 1. The fourth-order valence-corrected chi connectivity index (χ4v) is 3.73. The lowest BCUT2D eigenvalue weighted by Gasteiger charge is -2.08. The van der Waals surface area contributed by atoms with E-state index in [-0.39, 0.29) is 12.5 Å². The van der Waals surface area contributed by atoms with E-state index in [1.807, 2.05) is 6.92 Å². The number of nitro groups is 1. The number of hydrogen-bond donors (Lipinski definition) is 1. The van der Waals surface area contributed by atoms with E-state index in [0.717, 1.165) is 4.70 Å². The quantitative estimate of drug-likeness (QED) is 0.375. The molecule has 0 fully saturated rings. The van der Waals surface area contributed by atoms with Crippen LogP contribution in [0.15, 0.2) is 41.5 Å². The maximum atomic E-state index is 12.4. The van der Waals surface area contributed by atoms with Crippen LogP contribution in [0, 0.1) is 10.1 Å². The number of benzene rings is 2. The number of rotatable bonds is 6. The second-order valence-electron chi connectivity index (χ2n) is 5.97. The average Bonchev–Trinajstić information content (AvgIpc) is 3.33. The first-order valence-corrected chi connectivity index (χ1v) is 9.44. The minimum Gasteiger partial charge on any atom is -0.493 e. The molecular formula is C19H15N3O6S. The summed E-state index contributed by atoms with van der Waals surface area (Å²) in [6.45, 7) is 2.46. The molecule has 3 aromatic rings. The highest BCUT2D eigenvalue weighted by Gasteiger charge is 2.18. The smallest absolute Gasteiger partial charge is 0.281 e. The van der Waals surface area contributed by atoms with Crippen LogP contribution in [0.3, 0.4) is 0 Å². The van der Waals surface area contributed by atoms with Gasteiger partial charge in [0.15, 0.2) is 11.5 Å². The van der Waals surface area contributed by atoms with E-state index in [0.29, 0.717) is 39.7 Å². The number of nitro benzene ring substituents is 1. The van der Waals surface area contributed by atoms with Crippen molar-refractivity contribution in [3.05, 3.63) is 57.0 Å². The molecule has 0 radical (unpaired) electrons. The molecular weight excluding hydrogens is 398 g/mol. The predicted octanol–water partition coefficient (Wildman–Crippen LogP) is 3.70. The number of fused-ring (bicyclic) bond motifs is 2. The average molecular weight is 413 g/mol. The number of nitrogens with zero attached hydrogens (tertiary/aromatic N) is 2. The number of ether oxygens (including phenoxy) is 3. The minimum atomic E-state index is -0.470. The van der Waals surface area contributed by atoms with E-state index in [1.165, 1.54) is 29.7 Å². The van der Waals surface area contributed by atoms with Crippen LogP contribution in [0.4, 0.5) is 5.69 Å². The van der Waals surface area contributed by atoms with Gasteiger partial charge in [0.05, 0.1) is 22.6 Å². The second-order valence-corrected chi connectivity index (χ2v) is 7.05. The van der Waals surface area contributed by atoms with E-state index in [4.69, 9.17) is 14.2 Å². The molecule has 10 heteroatoms. The van der Waals surface area contributed by atoms with Crippen molar-refractivity contribution in [2.75, 3.05) is 13.4 Å². The van der Waals surface area contributed by atoms with Crippen LogP contribution in [0.2, 0.25) is 0 Å². The maximum Gasteiger partial charge on any atom is 0.281 e. The highest BCUT2D eigenvalue weighted by molar-refractivity contribution is 7.20. The lowest BCUT2D eigenvalue weighted by Crippen LogP contribution is -2.16. The van der Waals surface area contributed by atoms with Crippen LogP contribution >= 0.6 is 11.3 Å². The molecule has 1 aliphatic rings. The van der Waals surface area contributed by atoms with E-state index < -0.39 is 10.8 Å². The summed E-state index contributed by atoms with van der Waals surface area (Å²) in [5.41, 5.74) is 3.07. The Kier molecular flexibility index (Phi) is 5.00. The van der Waals surface area contributed by atoms with Crippen molar-refractivity contribution in [3.8, 4) is 17.2 Å². The fourth-order valence-electron chi connectivity index (χ4n) is 2.79. The van der Waals surface area contributed by atoms with Gasteiger partial charge in [-0.05, 0) is 25.1 Å². The van der Waals surface area contributed by atoms with Gasteiger partial charge in [0.2, 0.25) is 6.79 Å². The number of carbonyl (C=O) groups excluding carboxylic acids is 1. The van der Waals surface area contributed by atoms with Gasteiger partial charge in [-0.2, -0.15) is 5.10 Å². The SMILES string of the molecule is CCOc1cc2c(cc1C=NNC(=O)c1cc3cc([N+](=O)[O-])ccc3s1)OCO2. The Morgan fingerprint density at radius 1 is 1.31 bits per heavy atom. The summed E-state index contributed by atoms with van der Waals surface area (Å²) in [5, 5.41) is 15.5.